The predicted molar refractivity (Wildman–Crippen MR) is 152 cm³/mol. The van der Waals surface area contributed by atoms with Crippen molar-refractivity contribution in [2.75, 3.05) is 18.6 Å². The van der Waals surface area contributed by atoms with Crippen LogP contribution in [0.15, 0.2) is 120 Å². The SMILES string of the molecule is CCN1C(=O)/C(=C\c2ccc(N(c3ccccc3)c3ccccc3)cc2)O/C1=N/c1ccccc1C(=O)OC. The van der Waals surface area contributed by atoms with Crippen molar-refractivity contribution in [2.45, 2.75) is 6.92 Å². The van der Waals surface area contributed by atoms with Gasteiger partial charge in [-0.25, -0.2) is 4.79 Å². The number of amidine groups is 1. The van der Waals surface area contributed by atoms with E-state index < -0.39 is 5.97 Å². The molecule has 0 aromatic heterocycles. The lowest BCUT2D eigenvalue weighted by Gasteiger charge is -2.25. The number of methoxy groups -OCH3 is 1. The number of carbonyl (C=O) groups excluding carboxylic acids is 2. The van der Waals surface area contributed by atoms with E-state index in [0.29, 0.717) is 12.2 Å². The molecule has 0 bridgehead atoms. The molecule has 0 N–H and O–H groups in total. The minimum atomic E-state index is -0.516. The van der Waals surface area contributed by atoms with Crippen molar-refractivity contribution in [1.82, 2.24) is 4.90 Å². The molecule has 0 unspecified atom stereocenters. The van der Waals surface area contributed by atoms with Crippen molar-refractivity contribution in [3.05, 3.63) is 126 Å². The number of likely N-dealkylation sites (N-methyl/N-ethyl adjacent to an activating group) is 1. The topological polar surface area (TPSA) is 71.4 Å². The van der Waals surface area contributed by atoms with Crippen molar-refractivity contribution < 1.29 is 19.1 Å². The fourth-order valence-electron chi connectivity index (χ4n) is 4.30. The second-order valence-electron chi connectivity index (χ2n) is 8.66. The van der Waals surface area contributed by atoms with Gasteiger partial charge < -0.3 is 14.4 Å². The normalized spacial score (nSPS) is 14.9. The van der Waals surface area contributed by atoms with E-state index >= 15 is 0 Å². The maximum Gasteiger partial charge on any atom is 0.340 e. The Morgan fingerprint density at radius 2 is 1.41 bits per heavy atom. The van der Waals surface area contributed by atoms with Gasteiger partial charge in [-0.2, -0.15) is 4.99 Å². The van der Waals surface area contributed by atoms with Gasteiger partial charge in [0, 0.05) is 23.6 Å². The van der Waals surface area contributed by atoms with E-state index in [-0.39, 0.29) is 23.3 Å². The number of aliphatic imine (C=N–C) groups is 1. The van der Waals surface area contributed by atoms with E-state index in [9.17, 15) is 9.59 Å². The second kappa shape index (κ2) is 11.5. The lowest BCUT2D eigenvalue weighted by molar-refractivity contribution is -0.122. The number of benzene rings is 4. The molecule has 39 heavy (non-hydrogen) atoms. The van der Waals surface area contributed by atoms with Crippen LogP contribution in [0.4, 0.5) is 22.7 Å². The van der Waals surface area contributed by atoms with Gasteiger partial charge in [0.2, 0.25) is 0 Å². The van der Waals surface area contributed by atoms with Crippen molar-refractivity contribution >= 4 is 46.7 Å². The number of nitrogens with zero attached hydrogens (tertiary/aromatic N) is 3. The highest BCUT2D eigenvalue weighted by Crippen LogP contribution is 2.34. The lowest BCUT2D eigenvalue weighted by atomic mass is 10.1. The molecule has 1 amide bonds. The van der Waals surface area contributed by atoms with Crippen LogP contribution in [-0.4, -0.2) is 36.5 Å². The molecule has 194 valence electrons. The molecule has 1 saturated heterocycles. The summed E-state index contributed by atoms with van der Waals surface area (Å²) in [6.45, 7) is 2.19. The Morgan fingerprint density at radius 3 is 2.00 bits per heavy atom. The maximum absolute atomic E-state index is 13.1. The van der Waals surface area contributed by atoms with Crippen LogP contribution in [0.1, 0.15) is 22.8 Å². The quantitative estimate of drug-likeness (QED) is 0.198. The Hall–Kier alpha value is -5.17. The summed E-state index contributed by atoms with van der Waals surface area (Å²) < 4.78 is 10.7. The van der Waals surface area contributed by atoms with Gasteiger partial charge in [0.15, 0.2) is 5.76 Å². The summed E-state index contributed by atoms with van der Waals surface area (Å²) in [4.78, 5) is 33.3. The third-order valence-electron chi connectivity index (χ3n) is 6.21. The molecule has 7 nitrogen and oxygen atoms in total. The van der Waals surface area contributed by atoms with Gasteiger partial charge in [-0.15, -0.1) is 0 Å². The average molecular weight is 518 g/mol. The summed E-state index contributed by atoms with van der Waals surface area (Å²) in [5.41, 5.74) is 4.50. The molecule has 0 spiro atoms. The first kappa shape index (κ1) is 25.5. The molecule has 4 aromatic rings. The molecule has 0 saturated carbocycles. The molecule has 1 heterocycles. The summed E-state index contributed by atoms with van der Waals surface area (Å²) in [5, 5.41) is 0. The molecular formula is C32H27N3O4. The molecular weight excluding hydrogens is 490 g/mol. The standard InChI is InChI=1S/C32H27N3O4/c1-3-34-30(36)29(39-32(34)33-28-17-11-10-16-27(28)31(37)38-2)22-23-18-20-26(21-19-23)35(24-12-6-4-7-13-24)25-14-8-5-9-15-25/h4-22H,3H2,1-2H3/b29-22+,33-32+. The zero-order valence-electron chi connectivity index (χ0n) is 21.7. The molecule has 1 fully saturated rings. The summed E-state index contributed by atoms with van der Waals surface area (Å²) in [5.74, 6) is -0.661. The second-order valence-corrected chi connectivity index (χ2v) is 8.66. The van der Waals surface area contributed by atoms with Crippen LogP contribution in [0, 0.1) is 0 Å². The Labute approximate surface area is 227 Å². The smallest absolute Gasteiger partial charge is 0.340 e. The zero-order chi connectivity index (χ0) is 27.2. The summed E-state index contributed by atoms with van der Waals surface area (Å²) >= 11 is 0. The molecule has 1 aliphatic heterocycles. The number of amides is 1. The highest BCUT2D eigenvalue weighted by molar-refractivity contribution is 6.12. The monoisotopic (exact) mass is 517 g/mol. The van der Waals surface area contributed by atoms with E-state index in [1.165, 1.54) is 12.0 Å². The van der Waals surface area contributed by atoms with E-state index in [0.717, 1.165) is 22.6 Å². The largest absolute Gasteiger partial charge is 0.465 e. The molecule has 0 radical (unpaired) electrons. The number of hydrogen-bond donors (Lipinski definition) is 0. The molecule has 1 aliphatic rings. The van der Waals surface area contributed by atoms with E-state index in [1.54, 1.807) is 30.3 Å². The van der Waals surface area contributed by atoms with Gasteiger partial charge >= 0.3 is 12.0 Å². The van der Waals surface area contributed by atoms with E-state index in [4.69, 9.17) is 9.47 Å². The minimum absolute atomic E-state index is 0.112. The fraction of sp³-hybridized carbons (Fsp3) is 0.0938. The Kier molecular flexibility index (Phi) is 7.50. The minimum Gasteiger partial charge on any atom is -0.465 e. The summed E-state index contributed by atoms with van der Waals surface area (Å²) in [7, 11) is 1.31. The number of para-hydroxylation sites is 3. The fourth-order valence-corrected chi connectivity index (χ4v) is 4.30. The van der Waals surface area contributed by atoms with Crippen molar-refractivity contribution in [3.8, 4) is 0 Å². The van der Waals surface area contributed by atoms with Crippen molar-refractivity contribution in [2.24, 2.45) is 4.99 Å². The maximum atomic E-state index is 13.1. The highest BCUT2D eigenvalue weighted by atomic mass is 16.5. The molecule has 0 atom stereocenters. The Morgan fingerprint density at radius 1 is 0.846 bits per heavy atom. The predicted octanol–water partition coefficient (Wildman–Crippen LogP) is 6.85. The molecule has 7 heteroatoms. The van der Waals surface area contributed by atoms with E-state index in [1.807, 2.05) is 67.6 Å². The molecule has 5 rings (SSSR count). The number of rotatable bonds is 7. The third kappa shape index (κ3) is 5.43. The first-order chi connectivity index (χ1) is 19.1. The van der Waals surface area contributed by atoms with Crippen LogP contribution in [0.3, 0.4) is 0 Å². The first-order valence-corrected chi connectivity index (χ1v) is 12.6. The van der Waals surface area contributed by atoms with Gasteiger partial charge in [-0.1, -0.05) is 60.7 Å². The number of carbonyl (C=O) groups is 2. The average Bonchev–Trinajstić information content (AvgIpc) is 3.28. The first-order valence-electron chi connectivity index (χ1n) is 12.6. The summed E-state index contributed by atoms with van der Waals surface area (Å²) in [6, 6.07) is 35.0. The molecule has 0 aliphatic carbocycles. The lowest BCUT2D eigenvalue weighted by Crippen LogP contribution is -2.29. The van der Waals surface area contributed by atoms with Gasteiger partial charge in [0.05, 0.1) is 18.4 Å². The number of esters is 1. The van der Waals surface area contributed by atoms with Gasteiger partial charge in [-0.3, -0.25) is 9.69 Å². The number of ether oxygens (including phenoxy) is 2. The number of anilines is 3. The third-order valence-corrected chi connectivity index (χ3v) is 6.21. The van der Waals surface area contributed by atoms with Gasteiger partial charge in [0.25, 0.3) is 5.91 Å². The van der Waals surface area contributed by atoms with Crippen molar-refractivity contribution in [1.29, 1.82) is 0 Å². The van der Waals surface area contributed by atoms with Crippen molar-refractivity contribution in [3.63, 3.8) is 0 Å². The van der Waals surface area contributed by atoms with Gasteiger partial charge in [0.1, 0.15) is 0 Å². The zero-order valence-corrected chi connectivity index (χ0v) is 21.7. The summed E-state index contributed by atoms with van der Waals surface area (Å²) in [6.07, 6.45) is 1.69. The van der Waals surface area contributed by atoms with E-state index in [2.05, 4.69) is 34.2 Å². The van der Waals surface area contributed by atoms with Gasteiger partial charge in [-0.05, 0) is 67.1 Å². The Balaban J connectivity index is 1.44. The molecule has 4 aromatic carbocycles. The van der Waals surface area contributed by atoms with Crippen LogP contribution in [-0.2, 0) is 14.3 Å². The highest BCUT2D eigenvalue weighted by Gasteiger charge is 2.34. The Bertz CT molecular complexity index is 1490. The van der Waals surface area contributed by atoms with Crippen LogP contribution in [0.25, 0.3) is 6.08 Å². The van der Waals surface area contributed by atoms with Crippen LogP contribution in [0.5, 0.6) is 0 Å². The number of hydrogen-bond acceptors (Lipinski definition) is 6. The van der Waals surface area contributed by atoms with Crippen LogP contribution >= 0.6 is 0 Å². The van der Waals surface area contributed by atoms with Crippen LogP contribution in [0.2, 0.25) is 0 Å². The van der Waals surface area contributed by atoms with Crippen LogP contribution < -0.4 is 4.90 Å².